The number of morpholine rings is 1. The van der Waals surface area contributed by atoms with Crippen molar-refractivity contribution in [3.05, 3.63) is 54.5 Å². The van der Waals surface area contributed by atoms with E-state index < -0.39 is 0 Å². The van der Waals surface area contributed by atoms with Crippen molar-refractivity contribution in [1.29, 1.82) is 0 Å². The van der Waals surface area contributed by atoms with Crippen molar-refractivity contribution in [2.75, 3.05) is 26.9 Å². The summed E-state index contributed by atoms with van der Waals surface area (Å²) in [7, 11) is 1.67. The highest BCUT2D eigenvalue weighted by molar-refractivity contribution is 5.60. The Morgan fingerprint density at radius 1 is 1.36 bits per heavy atom. The van der Waals surface area contributed by atoms with E-state index in [0.29, 0.717) is 6.61 Å². The molecule has 1 aliphatic heterocycles. The Kier molecular flexibility index (Phi) is 4.49. The van der Waals surface area contributed by atoms with E-state index in [-0.39, 0.29) is 6.04 Å². The predicted molar refractivity (Wildman–Crippen MR) is 93.1 cm³/mol. The molecule has 0 aliphatic carbocycles. The largest absolute Gasteiger partial charge is 0.497 e. The molecule has 1 fully saturated rings. The highest BCUT2D eigenvalue weighted by Crippen LogP contribution is 2.27. The van der Waals surface area contributed by atoms with Crippen LogP contribution in [0.4, 0.5) is 0 Å². The number of H-pyrrole nitrogens is 2. The molecule has 4 rings (SSSR count). The number of hydrogen-bond donors (Lipinski definition) is 2. The van der Waals surface area contributed by atoms with E-state index in [9.17, 15) is 0 Å². The van der Waals surface area contributed by atoms with Gasteiger partial charge in [0.05, 0.1) is 44.8 Å². The molecule has 25 heavy (non-hydrogen) atoms. The molecule has 1 saturated heterocycles. The Morgan fingerprint density at radius 3 is 3.16 bits per heavy atom. The van der Waals surface area contributed by atoms with Crippen molar-refractivity contribution in [3.63, 3.8) is 0 Å². The highest BCUT2D eigenvalue weighted by Gasteiger charge is 2.27. The van der Waals surface area contributed by atoms with Gasteiger partial charge in [-0.15, -0.1) is 0 Å². The average Bonchev–Trinajstić information content (AvgIpc) is 3.34. The van der Waals surface area contributed by atoms with Gasteiger partial charge in [0.1, 0.15) is 17.4 Å². The third-order valence-corrected chi connectivity index (χ3v) is 4.44. The second kappa shape index (κ2) is 7.08. The van der Waals surface area contributed by atoms with Crippen LogP contribution in [0.1, 0.15) is 17.7 Å². The van der Waals surface area contributed by atoms with E-state index in [4.69, 9.17) is 9.47 Å². The zero-order valence-corrected chi connectivity index (χ0v) is 14.1. The summed E-state index contributed by atoms with van der Waals surface area (Å²) < 4.78 is 11.0. The summed E-state index contributed by atoms with van der Waals surface area (Å²) in [5.74, 6) is 2.68. The van der Waals surface area contributed by atoms with Crippen LogP contribution in [0.3, 0.4) is 0 Å². The van der Waals surface area contributed by atoms with Crippen LogP contribution in [0, 0.1) is 0 Å². The zero-order valence-electron chi connectivity index (χ0n) is 14.1. The normalized spacial score (nSPS) is 18.4. The van der Waals surface area contributed by atoms with Crippen LogP contribution in [-0.4, -0.2) is 51.7 Å². The SMILES string of the molecule is COc1cccc(-c2cnc(C3COCCN3Cc3ncc[nH]3)[nH]2)c1. The fraction of sp³-hybridized carbons (Fsp3) is 0.333. The van der Waals surface area contributed by atoms with E-state index in [1.165, 1.54) is 0 Å². The van der Waals surface area contributed by atoms with E-state index >= 15 is 0 Å². The van der Waals surface area contributed by atoms with Gasteiger partial charge in [0.2, 0.25) is 0 Å². The van der Waals surface area contributed by atoms with Gasteiger partial charge in [0.25, 0.3) is 0 Å². The molecular formula is C18H21N5O2. The molecule has 1 aromatic carbocycles. The molecule has 1 unspecified atom stereocenters. The number of hydrogen-bond acceptors (Lipinski definition) is 5. The van der Waals surface area contributed by atoms with Gasteiger partial charge in [0, 0.05) is 24.5 Å². The Balaban J connectivity index is 1.56. The second-order valence-corrected chi connectivity index (χ2v) is 6.01. The molecule has 1 aliphatic rings. The number of ether oxygens (including phenoxy) is 2. The van der Waals surface area contributed by atoms with Crippen LogP contribution >= 0.6 is 0 Å². The Labute approximate surface area is 146 Å². The minimum Gasteiger partial charge on any atom is -0.497 e. The third-order valence-electron chi connectivity index (χ3n) is 4.44. The molecule has 130 valence electrons. The first kappa shape index (κ1) is 15.9. The summed E-state index contributed by atoms with van der Waals surface area (Å²) >= 11 is 0. The molecule has 0 saturated carbocycles. The predicted octanol–water partition coefficient (Wildman–Crippen LogP) is 2.38. The lowest BCUT2D eigenvalue weighted by atomic mass is 10.1. The molecule has 7 nitrogen and oxygen atoms in total. The number of imidazole rings is 2. The van der Waals surface area contributed by atoms with E-state index in [0.717, 1.165) is 48.4 Å². The lowest BCUT2D eigenvalue weighted by Gasteiger charge is -2.33. The molecule has 0 amide bonds. The maximum atomic E-state index is 5.69. The molecule has 3 aromatic rings. The fourth-order valence-electron chi connectivity index (χ4n) is 3.10. The van der Waals surface area contributed by atoms with Crippen LogP contribution in [0.15, 0.2) is 42.9 Å². The molecule has 1 atom stereocenters. The molecule has 0 radical (unpaired) electrons. The molecule has 0 bridgehead atoms. The van der Waals surface area contributed by atoms with Crippen LogP contribution in [0.25, 0.3) is 11.3 Å². The quantitative estimate of drug-likeness (QED) is 0.746. The topological polar surface area (TPSA) is 79.1 Å². The maximum absolute atomic E-state index is 5.69. The number of benzene rings is 1. The van der Waals surface area contributed by atoms with Crippen molar-refractivity contribution >= 4 is 0 Å². The van der Waals surface area contributed by atoms with Crippen LogP contribution < -0.4 is 4.74 Å². The number of nitrogens with zero attached hydrogens (tertiary/aromatic N) is 3. The van der Waals surface area contributed by atoms with Gasteiger partial charge in [-0.3, -0.25) is 4.90 Å². The van der Waals surface area contributed by atoms with Gasteiger partial charge in [-0.2, -0.15) is 0 Å². The van der Waals surface area contributed by atoms with Gasteiger partial charge in [-0.1, -0.05) is 12.1 Å². The number of aromatic nitrogens is 4. The van der Waals surface area contributed by atoms with Gasteiger partial charge in [0.15, 0.2) is 0 Å². The number of aromatic amines is 2. The van der Waals surface area contributed by atoms with Crippen LogP contribution in [0.2, 0.25) is 0 Å². The maximum Gasteiger partial charge on any atom is 0.126 e. The molecule has 0 spiro atoms. The number of nitrogens with one attached hydrogen (secondary N) is 2. The summed E-state index contributed by atoms with van der Waals surface area (Å²) in [4.78, 5) is 17.9. The first-order valence-electron chi connectivity index (χ1n) is 8.33. The van der Waals surface area contributed by atoms with Gasteiger partial charge in [-0.05, 0) is 12.1 Å². The van der Waals surface area contributed by atoms with Crippen molar-refractivity contribution in [3.8, 4) is 17.0 Å². The lowest BCUT2D eigenvalue weighted by molar-refractivity contribution is -0.0166. The van der Waals surface area contributed by atoms with E-state index in [2.05, 4.69) is 24.8 Å². The Bertz CT molecular complexity index is 815. The minimum absolute atomic E-state index is 0.0817. The minimum atomic E-state index is 0.0817. The van der Waals surface area contributed by atoms with Crippen LogP contribution in [0.5, 0.6) is 5.75 Å². The summed E-state index contributed by atoms with van der Waals surface area (Å²) in [5, 5.41) is 0. The van der Waals surface area contributed by atoms with Gasteiger partial charge < -0.3 is 19.4 Å². The molecule has 2 N–H and O–H groups in total. The highest BCUT2D eigenvalue weighted by atomic mass is 16.5. The summed E-state index contributed by atoms with van der Waals surface area (Å²) in [5.41, 5.74) is 2.02. The average molecular weight is 339 g/mol. The smallest absolute Gasteiger partial charge is 0.126 e. The van der Waals surface area contributed by atoms with Crippen molar-refractivity contribution in [2.24, 2.45) is 0 Å². The Hall–Kier alpha value is -2.64. The number of methoxy groups -OCH3 is 1. The van der Waals surface area contributed by atoms with Gasteiger partial charge in [-0.25, -0.2) is 9.97 Å². The summed E-state index contributed by atoms with van der Waals surface area (Å²) in [6.45, 7) is 2.93. The zero-order chi connectivity index (χ0) is 17.1. The van der Waals surface area contributed by atoms with Crippen LogP contribution in [-0.2, 0) is 11.3 Å². The van der Waals surface area contributed by atoms with E-state index in [1.54, 1.807) is 13.3 Å². The molecule has 7 heteroatoms. The molecular weight excluding hydrogens is 318 g/mol. The Morgan fingerprint density at radius 2 is 2.32 bits per heavy atom. The fourth-order valence-corrected chi connectivity index (χ4v) is 3.10. The second-order valence-electron chi connectivity index (χ2n) is 6.01. The lowest BCUT2D eigenvalue weighted by Crippen LogP contribution is -2.39. The molecule has 2 aromatic heterocycles. The third kappa shape index (κ3) is 3.42. The summed E-state index contributed by atoms with van der Waals surface area (Å²) in [6.07, 6.45) is 5.49. The monoisotopic (exact) mass is 339 g/mol. The molecule has 3 heterocycles. The number of rotatable bonds is 5. The summed E-state index contributed by atoms with van der Waals surface area (Å²) in [6, 6.07) is 8.02. The first-order chi connectivity index (χ1) is 12.3. The van der Waals surface area contributed by atoms with Crippen molar-refractivity contribution < 1.29 is 9.47 Å². The van der Waals surface area contributed by atoms with Gasteiger partial charge >= 0.3 is 0 Å². The van der Waals surface area contributed by atoms with Crippen molar-refractivity contribution in [1.82, 2.24) is 24.8 Å². The van der Waals surface area contributed by atoms with E-state index in [1.807, 2.05) is 36.7 Å². The first-order valence-corrected chi connectivity index (χ1v) is 8.33. The van der Waals surface area contributed by atoms with Crippen molar-refractivity contribution in [2.45, 2.75) is 12.6 Å². The standard InChI is InChI=1S/C18H21N5O2/c1-24-14-4-2-3-13(9-14)15-10-21-18(22-15)16-12-25-8-7-23(16)11-17-19-5-6-20-17/h2-6,9-10,16H,7-8,11-12H2,1H3,(H,19,20)(H,21,22).